The van der Waals surface area contributed by atoms with Gasteiger partial charge in [-0.25, -0.2) is 24.0 Å². The van der Waals surface area contributed by atoms with Gasteiger partial charge in [-0.15, -0.1) is 0 Å². The fourth-order valence-corrected chi connectivity index (χ4v) is 6.26. The summed E-state index contributed by atoms with van der Waals surface area (Å²) >= 11 is 0. The Morgan fingerprint density at radius 3 is 0.845 bits per heavy atom. The van der Waals surface area contributed by atoms with Crippen molar-refractivity contribution in [3.8, 4) is 0 Å². The minimum Gasteiger partial charge on any atom is -0.480 e. The molecule has 0 aromatic heterocycles. The van der Waals surface area contributed by atoms with E-state index in [2.05, 4.69) is 42.5 Å². The van der Waals surface area contributed by atoms with Crippen molar-refractivity contribution in [1.82, 2.24) is 42.5 Å². The number of carbonyl (C=O) groups excluding carboxylic acids is 8. The summed E-state index contributed by atoms with van der Waals surface area (Å²) in [6.07, 6.45) is 0.455. The first-order chi connectivity index (χ1) is 32.7. The van der Waals surface area contributed by atoms with Gasteiger partial charge in [-0.3, -0.25) is 19.2 Å². The molecule has 0 aromatic rings. The minimum absolute atomic E-state index is 0.00570. The number of hydrogen-bond acceptors (Lipinski definition) is 14. The van der Waals surface area contributed by atoms with E-state index in [0.29, 0.717) is 38.5 Å². The number of ether oxygens (including phenoxy) is 4. The quantitative estimate of drug-likeness (QED) is 0.0349. The van der Waals surface area contributed by atoms with Crippen LogP contribution in [-0.4, -0.2) is 138 Å². The van der Waals surface area contributed by atoms with Gasteiger partial charge in [0.15, 0.2) is 0 Å². The number of carboxylic acids is 1. The highest BCUT2D eigenvalue weighted by atomic mass is 16.6. The van der Waals surface area contributed by atoms with Crippen LogP contribution in [-0.2, 0) is 42.9 Å². The smallest absolute Gasteiger partial charge is 0.407 e. The summed E-state index contributed by atoms with van der Waals surface area (Å²) in [6.45, 7) is 23.1. The van der Waals surface area contributed by atoms with Crippen molar-refractivity contribution >= 4 is 54.0 Å². The summed E-state index contributed by atoms with van der Waals surface area (Å²) in [5.74, 6) is -4.26. The number of nitrogens with one attached hydrogen (secondary N) is 8. The van der Waals surface area contributed by atoms with Crippen LogP contribution in [0.3, 0.4) is 0 Å². The summed E-state index contributed by atoms with van der Waals surface area (Å²) in [6, 6.07) is -6.09. The zero-order chi connectivity index (χ0) is 54.6. The zero-order valence-electron chi connectivity index (χ0n) is 44.7. The Morgan fingerprint density at radius 2 is 0.620 bits per heavy atom. The first-order valence-corrected chi connectivity index (χ1v) is 24.8. The van der Waals surface area contributed by atoms with Gasteiger partial charge in [-0.05, 0) is 167 Å². The zero-order valence-corrected chi connectivity index (χ0v) is 44.7. The lowest BCUT2D eigenvalue weighted by Crippen LogP contribution is -2.58. The minimum atomic E-state index is -1.37. The summed E-state index contributed by atoms with van der Waals surface area (Å²) in [7, 11) is 0. The van der Waals surface area contributed by atoms with E-state index in [-0.39, 0.29) is 71.1 Å². The van der Waals surface area contributed by atoms with Crippen LogP contribution in [0, 0.1) is 0 Å². The highest BCUT2D eigenvalue weighted by Crippen LogP contribution is 2.13. The average Bonchev–Trinajstić information content (AvgIpc) is 3.20. The largest absolute Gasteiger partial charge is 0.480 e. The molecule has 0 bridgehead atoms. The third kappa shape index (κ3) is 35.2. The predicted molar refractivity (Wildman–Crippen MR) is 266 cm³/mol. The molecule has 0 spiro atoms. The maximum atomic E-state index is 14.3. The molecule has 410 valence electrons. The van der Waals surface area contributed by atoms with Crippen LogP contribution >= 0.6 is 0 Å². The SMILES string of the molecule is CC[C@H](N)C(=O)N[C@@H](CCCCNC(=O)OC(C)(C)C)C(=O)N[C@@H](CCCCNC(=O)OC(C)(C)C)C(=O)N[C@@H](CCCCNC(=O)OC(C)(C)C)C(=O)N[C@@H](CCCCNC(=O)OC(C)(C)C)C(=O)O. The molecule has 0 aliphatic rings. The number of nitrogens with two attached hydrogens (primary N) is 1. The molecule has 0 aliphatic carbocycles. The predicted octanol–water partition coefficient (Wildman–Crippen LogP) is 4.53. The molecule has 0 heterocycles. The van der Waals surface area contributed by atoms with Crippen LogP contribution in [0.25, 0.3) is 0 Å². The second kappa shape index (κ2) is 32.4. The number of hydrogen-bond donors (Lipinski definition) is 10. The molecule has 0 radical (unpaired) electrons. The van der Waals surface area contributed by atoms with Crippen molar-refractivity contribution in [1.29, 1.82) is 0 Å². The van der Waals surface area contributed by atoms with Crippen LogP contribution in [0.1, 0.15) is 173 Å². The standard InChI is InChI=1S/C48H89N9O14/c1-14-31(49)36(58)54-32(23-15-19-27-50-41(64)68-45(2,3)4)37(59)55-33(24-16-20-28-51-42(65)69-46(5,6)7)38(60)56-34(25-17-21-29-52-43(66)70-47(8,9)10)39(61)57-35(40(62)63)26-18-22-30-53-44(67)71-48(11,12)13/h31-35H,14-30,49H2,1-13H3,(H,50,64)(H,51,65)(H,52,66)(H,53,67)(H,54,58)(H,55,59)(H,56,60)(H,57,61)(H,62,63)/t31-,32-,33-,34-,35-/m0/s1. The summed E-state index contributed by atoms with van der Waals surface area (Å²) in [5, 5.41) is 31.3. The third-order valence-corrected chi connectivity index (χ3v) is 9.64. The van der Waals surface area contributed by atoms with Crippen LogP contribution in [0.4, 0.5) is 19.2 Å². The molecule has 11 N–H and O–H groups in total. The van der Waals surface area contributed by atoms with E-state index in [1.165, 1.54) is 0 Å². The number of amides is 8. The molecule has 0 unspecified atom stereocenters. The monoisotopic (exact) mass is 1020 g/mol. The number of aliphatic carboxylic acids is 1. The number of carboxylic acid groups (broad SMARTS) is 1. The Morgan fingerprint density at radius 1 is 0.394 bits per heavy atom. The van der Waals surface area contributed by atoms with Gasteiger partial charge in [0.2, 0.25) is 23.6 Å². The molecule has 5 atom stereocenters. The van der Waals surface area contributed by atoms with Gasteiger partial charge in [-0.2, -0.15) is 0 Å². The summed E-state index contributed by atoms with van der Waals surface area (Å²) in [5.41, 5.74) is 3.12. The Hall–Kier alpha value is -5.61. The fourth-order valence-electron chi connectivity index (χ4n) is 6.26. The Balaban J connectivity index is 6.51. The fraction of sp³-hybridized carbons (Fsp3) is 0.812. The summed E-state index contributed by atoms with van der Waals surface area (Å²) in [4.78, 5) is 117. The second-order valence-electron chi connectivity index (χ2n) is 21.3. The first-order valence-electron chi connectivity index (χ1n) is 24.8. The second-order valence-corrected chi connectivity index (χ2v) is 21.3. The van der Waals surface area contributed by atoms with Crippen molar-refractivity contribution < 1.29 is 67.2 Å². The normalized spacial score (nSPS) is 13.9. The topological polar surface area (TPSA) is 333 Å². The molecule has 0 aromatic carbocycles. The van der Waals surface area contributed by atoms with Gasteiger partial charge in [0.25, 0.3) is 0 Å². The maximum Gasteiger partial charge on any atom is 0.407 e. The molecule has 8 amide bonds. The Kier molecular flexibility index (Phi) is 29.8. The number of alkyl carbamates (subject to hydrolysis) is 4. The van der Waals surface area contributed by atoms with Gasteiger partial charge in [0.05, 0.1) is 6.04 Å². The lowest BCUT2D eigenvalue weighted by molar-refractivity contribution is -0.142. The Bertz CT molecular complexity index is 1700. The lowest BCUT2D eigenvalue weighted by atomic mass is 10.0. The average molecular weight is 1020 g/mol. The van der Waals surface area contributed by atoms with E-state index in [4.69, 9.17) is 24.7 Å². The van der Waals surface area contributed by atoms with Crippen LogP contribution in [0.15, 0.2) is 0 Å². The lowest BCUT2D eigenvalue weighted by Gasteiger charge is -2.27. The van der Waals surface area contributed by atoms with Crippen LogP contribution in [0.5, 0.6) is 0 Å². The molecule has 0 saturated carbocycles. The van der Waals surface area contributed by atoms with Crippen molar-refractivity contribution in [3.05, 3.63) is 0 Å². The van der Waals surface area contributed by atoms with Crippen molar-refractivity contribution in [3.63, 3.8) is 0 Å². The van der Waals surface area contributed by atoms with Crippen LogP contribution in [0.2, 0.25) is 0 Å². The van der Waals surface area contributed by atoms with E-state index in [1.807, 2.05) is 0 Å². The van der Waals surface area contributed by atoms with Crippen molar-refractivity contribution in [2.75, 3.05) is 26.2 Å². The van der Waals surface area contributed by atoms with E-state index in [0.717, 1.165) is 0 Å². The van der Waals surface area contributed by atoms with Crippen molar-refractivity contribution in [2.24, 2.45) is 5.73 Å². The van der Waals surface area contributed by atoms with Gasteiger partial charge in [0.1, 0.15) is 46.6 Å². The van der Waals surface area contributed by atoms with Crippen LogP contribution < -0.4 is 48.3 Å². The Labute approximate surface area is 420 Å². The molecule has 0 rings (SSSR count). The van der Waals surface area contributed by atoms with Gasteiger partial charge in [-0.1, -0.05) is 6.92 Å². The molecule has 0 fully saturated rings. The molecule has 71 heavy (non-hydrogen) atoms. The number of carbonyl (C=O) groups is 9. The van der Waals surface area contributed by atoms with Gasteiger partial charge < -0.3 is 72.3 Å². The van der Waals surface area contributed by atoms with E-state index in [9.17, 15) is 48.3 Å². The molecule has 0 saturated heterocycles. The van der Waals surface area contributed by atoms with E-state index < -0.39 is 107 Å². The maximum absolute atomic E-state index is 14.3. The molecular weight excluding hydrogens is 927 g/mol. The van der Waals surface area contributed by atoms with E-state index >= 15 is 0 Å². The highest BCUT2D eigenvalue weighted by molar-refractivity contribution is 5.95. The number of unbranched alkanes of at least 4 members (excludes halogenated alkanes) is 4. The highest BCUT2D eigenvalue weighted by Gasteiger charge is 2.32. The third-order valence-electron chi connectivity index (χ3n) is 9.64. The molecule has 23 nitrogen and oxygen atoms in total. The van der Waals surface area contributed by atoms with Gasteiger partial charge >= 0.3 is 30.3 Å². The van der Waals surface area contributed by atoms with E-state index in [1.54, 1.807) is 90.0 Å². The van der Waals surface area contributed by atoms with Gasteiger partial charge in [0, 0.05) is 26.2 Å². The summed E-state index contributed by atoms with van der Waals surface area (Å²) < 4.78 is 21.1. The van der Waals surface area contributed by atoms with Crippen molar-refractivity contribution in [2.45, 2.75) is 226 Å². The molecule has 23 heteroatoms. The molecule has 0 aliphatic heterocycles. The molecular formula is C48H89N9O14. The number of rotatable bonds is 30. The first kappa shape index (κ1) is 65.4.